The summed E-state index contributed by atoms with van der Waals surface area (Å²) in [5, 5.41) is 0. The molecule has 1 unspecified atom stereocenters. The summed E-state index contributed by atoms with van der Waals surface area (Å²) < 4.78 is 10.5. The van der Waals surface area contributed by atoms with E-state index in [9.17, 15) is 4.79 Å². The largest absolute Gasteiger partial charge is 0.491 e. The number of amides is 1. The maximum absolute atomic E-state index is 12.1. The molecule has 1 amide bonds. The minimum absolute atomic E-state index is 0. The molecule has 0 saturated carbocycles. The van der Waals surface area contributed by atoms with Crippen molar-refractivity contribution in [2.24, 2.45) is 0 Å². The average Bonchev–Trinajstić information content (AvgIpc) is 2.46. The van der Waals surface area contributed by atoms with Gasteiger partial charge in [-0.25, -0.2) is 6.08 Å². The Morgan fingerprint density at radius 2 is 2.14 bits per heavy atom. The van der Waals surface area contributed by atoms with Gasteiger partial charge in [0.15, 0.2) is 0 Å². The Bertz CT molecular complexity index is 562. The zero-order chi connectivity index (χ0) is 15.4. The third kappa shape index (κ3) is 4.76. The molecule has 4 nitrogen and oxygen atoms in total. The summed E-state index contributed by atoms with van der Waals surface area (Å²) in [7, 11) is 3.45. The van der Waals surface area contributed by atoms with E-state index in [-0.39, 0.29) is 42.5 Å². The van der Waals surface area contributed by atoms with E-state index in [1.165, 1.54) is 0 Å². The van der Waals surface area contributed by atoms with Crippen LogP contribution in [-0.4, -0.2) is 42.1 Å². The minimum Gasteiger partial charge on any atom is -0.491 e. The zero-order valence-corrected chi connectivity index (χ0v) is 18.1. The first-order chi connectivity index (χ1) is 10.0. The van der Waals surface area contributed by atoms with Crippen molar-refractivity contribution < 1.29 is 47.0 Å². The molecular formula is C16H19INO3Y-. The second kappa shape index (κ2) is 9.35. The molecule has 0 saturated heterocycles. The van der Waals surface area contributed by atoms with Crippen molar-refractivity contribution in [1.29, 1.82) is 0 Å². The van der Waals surface area contributed by atoms with Crippen LogP contribution in [0.1, 0.15) is 17.5 Å². The summed E-state index contributed by atoms with van der Waals surface area (Å²) in [6.07, 6.45) is 3.99. The van der Waals surface area contributed by atoms with Crippen molar-refractivity contribution in [3.8, 4) is 5.75 Å². The van der Waals surface area contributed by atoms with Gasteiger partial charge >= 0.3 is 0 Å². The fourth-order valence-electron chi connectivity index (χ4n) is 2.22. The summed E-state index contributed by atoms with van der Waals surface area (Å²) in [5.41, 5.74) is 2.95. The zero-order valence-electron chi connectivity index (χ0n) is 13.1. The van der Waals surface area contributed by atoms with Crippen LogP contribution in [0.25, 0.3) is 5.70 Å². The van der Waals surface area contributed by atoms with Crippen LogP contribution in [0.15, 0.2) is 18.2 Å². The molecule has 1 aliphatic heterocycles. The average molecular weight is 489 g/mol. The Morgan fingerprint density at radius 3 is 2.77 bits per heavy atom. The number of aryl methyl sites for hydroxylation is 1. The van der Waals surface area contributed by atoms with E-state index in [1.807, 2.05) is 25.1 Å². The number of alkyl halides is 1. The third-order valence-corrected chi connectivity index (χ3v) is 4.37. The molecule has 2 rings (SSSR count). The molecule has 117 valence electrons. The number of benzene rings is 1. The van der Waals surface area contributed by atoms with Crippen molar-refractivity contribution in [3.05, 3.63) is 35.4 Å². The number of carbonyl (C=O) groups excluding carboxylic acids is 1. The van der Waals surface area contributed by atoms with Crippen LogP contribution in [0.2, 0.25) is 0 Å². The van der Waals surface area contributed by atoms with E-state index >= 15 is 0 Å². The van der Waals surface area contributed by atoms with Crippen LogP contribution in [0.4, 0.5) is 0 Å². The fraction of sp³-hybridized carbons (Fsp3) is 0.438. The topological polar surface area (TPSA) is 38.8 Å². The molecule has 0 fully saturated rings. The number of methoxy groups -OCH3 is 1. The number of allylic oxidation sites excluding steroid dienone is 1. The van der Waals surface area contributed by atoms with E-state index < -0.39 is 0 Å². The predicted molar refractivity (Wildman–Crippen MR) is 90.4 cm³/mol. The Hall–Kier alpha value is 0.0239. The van der Waals surface area contributed by atoms with Crippen LogP contribution in [0.3, 0.4) is 0 Å². The smallest absolute Gasteiger partial charge is 0.235 e. The van der Waals surface area contributed by atoms with Crippen LogP contribution < -0.4 is 4.74 Å². The molecule has 0 bridgehead atoms. The van der Waals surface area contributed by atoms with Crippen LogP contribution >= 0.6 is 22.6 Å². The Kier molecular flexibility index (Phi) is 8.53. The number of hydrogen-bond donors (Lipinski definition) is 0. The van der Waals surface area contributed by atoms with E-state index in [4.69, 9.17) is 9.47 Å². The van der Waals surface area contributed by atoms with Crippen LogP contribution in [-0.2, 0) is 42.2 Å². The normalized spacial score (nSPS) is 17.8. The van der Waals surface area contributed by atoms with E-state index in [0.717, 1.165) is 22.6 Å². The molecule has 1 aromatic rings. The number of nitrogens with zero attached hydrogens (tertiary/aromatic N) is 1. The SMILES string of the molecule is COCCOc1ccc(C2=[C-]CC(I)C(=O)N2C)c(C)c1.[Y]. The Morgan fingerprint density at radius 1 is 1.41 bits per heavy atom. The van der Waals surface area contributed by atoms with Crippen molar-refractivity contribution >= 4 is 34.2 Å². The summed E-state index contributed by atoms with van der Waals surface area (Å²) in [4.78, 5) is 13.8. The summed E-state index contributed by atoms with van der Waals surface area (Å²) in [5.74, 6) is 0.939. The Balaban J connectivity index is 0.00000242. The van der Waals surface area contributed by atoms with Gasteiger partial charge in [-0.15, -0.1) is 22.9 Å². The van der Waals surface area contributed by atoms with E-state index in [0.29, 0.717) is 19.6 Å². The molecule has 0 aromatic heterocycles. The molecule has 0 N–H and O–H groups in total. The van der Waals surface area contributed by atoms with Gasteiger partial charge in [0.1, 0.15) is 12.4 Å². The fourth-order valence-corrected chi connectivity index (χ4v) is 2.86. The number of rotatable bonds is 5. The summed E-state index contributed by atoms with van der Waals surface area (Å²) >= 11 is 2.16. The predicted octanol–water partition coefficient (Wildman–Crippen LogP) is 2.83. The maximum Gasteiger partial charge on any atom is 0.235 e. The van der Waals surface area contributed by atoms with Gasteiger partial charge in [0.2, 0.25) is 5.91 Å². The van der Waals surface area contributed by atoms with E-state index in [1.54, 1.807) is 19.1 Å². The maximum atomic E-state index is 12.1. The first-order valence-electron chi connectivity index (χ1n) is 6.80. The first-order valence-corrected chi connectivity index (χ1v) is 8.04. The van der Waals surface area contributed by atoms with Gasteiger partial charge < -0.3 is 14.4 Å². The molecule has 22 heavy (non-hydrogen) atoms. The molecule has 1 aliphatic rings. The molecule has 1 radical (unpaired) electrons. The van der Waals surface area contributed by atoms with Gasteiger partial charge in [0, 0.05) is 46.9 Å². The molecular weight excluding hydrogens is 470 g/mol. The van der Waals surface area contributed by atoms with Gasteiger partial charge in [-0.2, -0.15) is 0 Å². The standard InChI is InChI=1S/C16H19INO3.Y/c1-11-10-12(21-9-8-20-3)4-5-13(11)15-7-6-14(17)16(19)18(15)2;/h4-5,10,14H,6,8-9H2,1-3H3;/q-1;. The Labute approximate surface area is 170 Å². The minimum atomic E-state index is -0.0201. The first kappa shape index (κ1) is 20.1. The van der Waals surface area contributed by atoms with Crippen LogP contribution in [0, 0.1) is 13.0 Å². The van der Waals surface area contributed by atoms with Crippen LogP contribution in [0.5, 0.6) is 5.75 Å². The van der Waals surface area contributed by atoms with Crippen molar-refractivity contribution in [3.63, 3.8) is 0 Å². The van der Waals surface area contributed by atoms with Gasteiger partial charge in [0.25, 0.3) is 0 Å². The second-order valence-electron chi connectivity index (χ2n) is 4.91. The number of hydrogen-bond acceptors (Lipinski definition) is 3. The van der Waals surface area contributed by atoms with E-state index in [2.05, 4.69) is 28.7 Å². The second-order valence-corrected chi connectivity index (χ2v) is 6.42. The number of ether oxygens (including phenoxy) is 2. The van der Waals surface area contributed by atoms with Crippen molar-refractivity contribution in [1.82, 2.24) is 4.90 Å². The van der Waals surface area contributed by atoms with Gasteiger partial charge in [-0.3, -0.25) is 4.79 Å². The number of carbonyl (C=O) groups is 1. The monoisotopic (exact) mass is 489 g/mol. The molecule has 6 heteroatoms. The van der Waals surface area contributed by atoms with Gasteiger partial charge in [-0.05, 0) is 12.1 Å². The third-order valence-electron chi connectivity index (χ3n) is 3.39. The molecule has 1 aromatic carbocycles. The molecule has 1 heterocycles. The van der Waals surface area contributed by atoms with Gasteiger partial charge in [-0.1, -0.05) is 35.9 Å². The number of halogens is 1. The van der Waals surface area contributed by atoms with Crippen molar-refractivity contribution in [2.45, 2.75) is 17.3 Å². The summed E-state index contributed by atoms with van der Waals surface area (Å²) in [6, 6.07) is 5.88. The molecule has 0 aliphatic carbocycles. The quantitative estimate of drug-likeness (QED) is 0.277. The van der Waals surface area contributed by atoms with Gasteiger partial charge in [0.05, 0.1) is 10.5 Å². The summed E-state index contributed by atoms with van der Waals surface area (Å²) in [6.45, 7) is 3.11. The molecule has 0 spiro atoms. The van der Waals surface area contributed by atoms with Crippen molar-refractivity contribution in [2.75, 3.05) is 27.4 Å². The molecule has 1 atom stereocenters.